The van der Waals surface area contributed by atoms with Gasteiger partial charge in [0.25, 0.3) is 0 Å². The Bertz CT molecular complexity index is 1490. The zero-order chi connectivity index (χ0) is 31.5. The molecule has 0 fully saturated rings. The molecule has 3 rings (SSSR count). The number of nitrogens with zero attached hydrogens (tertiary/aromatic N) is 2. The van der Waals surface area contributed by atoms with Crippen molar-refractivity contribution >= 4 is 46.8 Å². The molecule has 1 aromatic heterocycles. The Hall–Kier alpha value is -5.46. The lowest BCUT2D eigenvalue weighted by Gasteiger charge is -2.20. The topological polar surface area (TPSA) is 187 Å². The first kappa shape index (κ1) is 32.1. The zero-order valence-electron chi connectivity index (χ0n) is 23.9. The molecule has 226 valence electrons. The molecule has 1 atom stereocenters. The number of hydrogen-bond donors (Lipinski definition) is 5. The predicted octanol–water partition coefficient (Wildman–Crippen LogP) is 3.74. The van der Waals surface area contributed by atoms with Gasteiger partial charge < -0.3 is 35.8 Å². The molecule has 13 heteroatoms. The maximum Gasteiger partial charge on any atom is 0.323 e. The SMILES string of the molecule is COc1cc(CC(=O)N(C)c2ccc(C(CC(=O)O)NC(=O)CCC(=O)O)nc2)ccc1NC(=O)Nc1ccccc1C. The van der Waals surface area contributed by atoms with Crippen LogP contribution < -0.4 is 25.6 Å². The van der Waals surface area contributed by atoms with Crippen LogP contribution in [-0.2, 0) is 25.6 Å². The smallest absolute Gasteiger partial charge is 0.323 e. The van der Waals surface area contributed by atoms with E-state index in [-0.39, 0.29) is 30.9 Å². The van der Waals surface area contributed by atoms with Crippen molar-refractivity contribution in [3.8, 4) is 5.75 Å². The number of pyridine rings is 1. The molecule has 43 heavy (non-hydrogen) atoms. The van der Waals surface area contributed by atoms with Crippen molar-refractivity contribution in [2.24, 2.45) is 0 Å². The van der Waals surface area contributed by atoms with E-state index in [4.69, 9.17) is 9.84 Å². The Balaban J connectivity index is 1.65. The van der Waals surface area contributed by atoms with Crippen LogP contribution in [0.5, 0.6) is 5.75 Å². The minimum atomic E-state index is -1.18. The largest absolute Gasteiger partial charge is 0.495 e. The average Bonchev–Trinajstić information content (AvgIpc) is 2.97. The van der Waals surface area contributed by atoms with Crippen LogP contribution in [0.3, 0.4) is 0 Å². The lowest BCUT2D eigenvalue weighted by molar-refractivity contribution is -0.140. The number of anilines is 3. The summed E-state index contributed by atoms with van der Waals surface area (Å²) >= 11 is 0. The Morgan fingerprint density at radius 2 is 1.65 bits per heavy atom. The molecule has 0 saturated heterocycles. The molecule has 0 aliphatic rings. The van der Waals surface area contributed by atoms with Crippen molar-refractivity contribution in [3.63, 3.8) is 0 Å². The second kappa shape index (κ2) is 15.0. The number of carboxylic acids is 2. The molecule has 0 spiro atoms. The molecule has 0 aliphatic heterocycles. The highest BCUT2D eigenvalue weighted by atomic mass is 16.5. The number of methoxy groups -OCH3 is 1. The number of benzene rings is 2. The number of para-hydroxylation sites is 1. The van der Waals surface area contributed by atoms with Crippen molar-refractivity contribution < 1.29 is 38.9 Å². The molecule has 1 unspecified atom stereocenters. The van der Waals surface area contributed by atoms with E-state index in [2.05, 4.69) is 20.9 Å². The number of aliphatic carboxylic acids is 2. The fraction of sp³-hybridized carbons (Fsp3) is 0.267. The van der Waals surface area contributed by atoms with E-state index in [9.17, 15) is 29.1 Å². The molecule has 4 amide bonds. The first-order chi connectivity index (χ1) is 20.5. The Labute approximate surface area is 247 Å². The average molecular weight is 592 g/mol. The minimum Gasteiger partial charge on any atom is -0.495 e. The van der Waals surface area contributed by atoms with Gasteiger partial charge in [-0.2, -0.15) is 0 Å². The third-order valence-electron chi connectivity index (χ3n) is 6.43. The van der Waals surface area contributed by atoms with Crippen LogP contribution in [0.1, 0.15) is 42.1 Å². The molecule has 3 aromatic rings. The normalized spacial score (nSPS) is 11.1. The van der Waals surface area contributed by atoms with E-state index in [1.165, 1.54) is 24.3 Å². The number of carbonyl (C=O) groups excluding carboxylic acids is 3. The van der Waals surface area contributed by atoms with Gasteiger partial charge in [-0.25, -0.2) is 4.79 Å². The number of urea groups is 1. The van der Waals surface area contributed by atoms with Crippen LogP contribution in [0.15, 0.2) is 60.8 Å². The van der Waals surface area contributed by atoms with Gasteiger partial charge in [0.2, 0.25) is 11.8 Å². The Kier molecular flexibility index (Phi) is 11.2. The Morgan fingerprint density at radius 3 is 2.28 bits per heavy atom. The number of carbonyl (C=O) groups is 5. The highest BCUT2D eigenvalue weighted by molar-refractivity contribution is 6.01. The maximum absolute atomic E-state index is 13.0. The first-order valence-electron chi connectivity index (χ1n) is 13.2. The molecule has 0 aliphatic carbocycles. The summed E-state index contributed by atoms with van der Waals surface area (Å²) in [6, 6.07) is 14.0. The number of carboxylic acid groups (broad SMARTS) is 2. The van der Waals surface area contributed by atoms with Crippen LogP contribution in [0.25, 0.3) is 0 Å². The van der Waals surface area contributed by atoms with Crippen LogP contribution in [0.4, 0.5) is 21.9 Å². The summed E-state index contributed by atoms with van der Waals surface area (Å²) in [5, 5.41) is 26.0. The quantitative estimate of drug-likeness (QED) is 0.197. The standard InChI is InChI=1S/C30H33N5O8/c1-18-6-4-5-7-21(18)33-30(42)34-23-10-8-19(14-25(23)43-3)15-27(37)35(2)20-9-11-22(31-17-20)24(16-29(40)41)32-26(36)12-13-28(38)39/h4-11,14,17,24H,12-13,15-16H2,1-3H3,(H,32,36)(H,38,39)(H,40,41)(H2,33,34,42). The molecule has 13 nitrogen and oxygen atoms in total. The van der Waals surface area contributed by atoms with Gasteiger partial charge in [0.05, 0.1) is 55.7 Å². The fourth-order valence-electron chi connectivity index (χ4n) is 4.07. The van der Waals surface area contributed by atoms with Crippen LogP contribution in [0.2, 0.25) is 0 Å². The lowest BCUT2D eigenvalue weighted by Crippen LogP contribution is -2.31. The summed E-state index contributed by atoms with van der Waals surface area (Å²) in [6.07, 6.45) is 0.237. The van der Waals surface area contributed by atoms with Crippen LogP contribution >= 0.6 is 0 Å². The van der Waals surface area contributed by atoms with E-state index in [1.54, 1.807) is 37.4 Å². The van der Waals surface area contributed by atoms with E-state index >= 15 is 0 Å². The van der Waals surface area contributed by atoms with Gasteiger partial charge in [0.1, 0.15) is 5.75 Å². The number of hydrogen-bond acceptors (Lipinski definition) is 7. The van der Waals surface area contributed by atoms with Crippen molar-refractivity contribution in [3.05, 3.63) is 77.6 Å². The van der Waals surface area contributed by atoms with Crippen LogP contribution in [0, 0.1) is 6.92 Å². The van der Waals surface area contributed by atoms with E-state index < -0.39 is 36.3 Å². The van der Waals surface area contributed by atoms with Crippen molar-refractivity contribution in [1.29, 1.82) is 0 Å². The monoisotopic (exact) mass is 591 g/mol. The first-order valence-corrected chi connectivity index (χ1v) is 13.2. The van der Waals surface area contributed by atoms with Gasteiger partial charge in [-0.15, -0.1) is 0 Å². The van der Waals surface area contributed by atoms with Crippen molar-refractivity contribution in [1.82, 2.24) is 10.3 Å². The molecular weight excluding hydrogens is 558 g/mol. The molecule has 5 N–H and O–H groups in total. The summed E-state index contributed by atoms with van der Waals surface area (Å²) < 4.78 is 5.43. The number of rotatable bonds is 13. The number of amides is 4. The summed E-state index contributed by atoms with van der Waals surface area (Å²) in [4.78, 5) is 65.3. The summed E-state index contributed by atoms with van der Waals surface area (Å²) in [6.45, 7) is 1.88. The lowest BCUT2D eigenvalue weighted by atomic mass is 10.1. The van der Waals surface area contributed by atoms with Gasteiger partial charge >= 0.3 is 18.0 Å². The molecule has 2 aromatic carbocycles. The third kappa shape index (κ3) is 9.56. The van der Waals surface area contributed by atoms with E-state index in [0.717, 1.165) is 5.56 Å². The predicted molar refractivity (Wildman–Crippen MR) is 158 cm³/mol. The zero-order valence-corrected chi connectivity index (χ0v) is 23.9. The number of nitrogens with one attached hydrogen (secondary N) is 3. The number of aromatic nitrogens is 1. The van der Waals surface area contributed by atoms with Gasteiger partial charge in [-0.05, 0) is 48.4 Å². The Morgan fingerprint density at radius 1 is 0.930 bits per heavy atom. The number of aryl methyl sites for hydroxylation is 1. The van der Waals surface area contributed by atoms with Gasteiger partial charge in [0, 0.05) is 19.2 Å². The van der Waals surface area contributed by atoms with Gasteiger partial charge in [-0.1, -0.05) is 24.3 Å². The second-order valence-electron chi connectivity index (χ2n) is 9.61. The van der Waals surface area contributed by atoms with Crippen molar-refractivity contribution in [2.75, 3.05) is 29.7 Å². The molecule has 0 bridgehead atoms. The number of ether oxygens (including phenoxy) is 1. The molecule has 0 radical (unpaired) electrons. The maximum atomic E-state index is 13.0. The summed E-state index contributed by atoms with van der Waals surface area (Å²) in [5.74, 6) is -2.85. The molecular formula is C30H33N5O8. The second-order valence-corrected chi connectivity index (χ2v) is 9.61. The summed E-state index contributed by atoms with van der Waals surface area (Å²) in [7, 11) is 3.02. The van der Waals surface area contributed by atoms with Gasteiger partial charge in [0.15, 0.2) is 0 Å². The highest BCUT2D eigenvalue weighted by Crippen LogP contribution is 2.27. The molecule has 1 heterocycles. The van der Waals surface area contributed by atoms with Crippen LogP contribution in [-0.4, -0.2) is 59.1 Å². The summed E-state index contributed by atoms with van der Waals surface area (Å²) in [5.41, 5.74) is 3.31. The highest BCUT2D eigenvalue weighted by Gasteiger charge is 2.21. The molecule has 0 saturated carbocycles. The van der Waals surface area contributed by atoms with E-state index in [0.29, 0.717) is 28.4 Å². The van der Waals surface area contributed by atoms with E-state index in [1.807, 2.05) is 25.1 Å². The third-order valence-corrected chi connectivity index (χ3v) is 6.43. The van der Waals surface area contributed by atoms with Crippen molar-refractivity contribution in [2.45, 2.75) is 38.6 Å². The van der Waals surface area contributed by atoms with Gasteiger partial charge in [-0.3, -0.25) is 24.2 Å². The number of likely N-dealkylation sites (N-methyl/N-ethyl adjacent to an activating group) is 1. The minimum absolute atomic E-state index is 0.00553. The fourth-order valence-corrected chi connectivity index (χ4v) is 4.07.